The highest BCUT2D eigenvalue weighted by atomic mass is 19.1. The summed E-state index contributed by atoms with van der Waals surface area (Å²) in [5, 5.41) is 2.47. The lowest BCUT2D eigenvalue weighted by molar-refractivity contribution is -0.128. The van der Waals surface area contributed by atoms with Gasteiger partial charge >= 0.3 is 0 Å². The predicted octanol–water partition coefficient (Wildman–Crippen LogP) is 2.91. The third-order valence-electron chi connectivity index (χ3n) is 4.40. The zero-order valence-corrected chi connectivity index (χ0v) is 15.2. The number of carbonyl (C=O) groups excluding carboxylic acids is 2. The quantitative estimate of drug-likeness (QED) is 0.712. The maximum absolute atomic E-state index is 13.8. The number of nitrogens with one attached hydrogen (secondary N) is 1. The number of nitrogens with two attached hydrogens (primary N) is 1. The number of para-hydroxylation sites is 1. The maximum Gasteiger partial charge on any atom is 0.274 e. The van der Waals surface area contributed by atoms with E-state index in [1.165, 1.54) is 23.1 Å². The lowest BCUT2D eigenvalue weighted by atomic mass is 10.1. The Kier molecular flexibility index (Phi) is 4.82. The number of rotatable bonds is 4. The van der Waals surface area contributed by atoms with Gasteiger partial charge in [0.2, 0.25) is 12.0 Å². The molecule has 0 saturated carbocycles. The van der Waals surface area contributed by atoms with Crippen LogP contribution in [0, 0.1) is 5.82 Å². The number of anilines is 3. The van der Waals surface area contributed by atoms with E-state index in [9.17, 15) is 14.0 Å². The summed E-state index contributed by atoms with van der Waals surface area (Å²) in [7, 11) is 0. The van der Waals surface area contributed by atoms with Crippen LogP contribution in [0.3, 0.4) is 0 Å². The van der Waals surface area contributed by atoms with Crippen molar-refractivity contribution in [3.05, 3.63) is 78.1 Å². The zero-order chi connectivity index (χ0) is 20.4. The first-order chi connectivity index (χ1) is 14.0. The van der Waals surface area contributed by atoms with Crippen molar-refractivity contribution in [2.45, 2.75) is 6.10 Å². The van der Waals surface area contributed by atoms with Crippen molar-refractivity contribution in [2.75, 3.05) is 22.5 Å². The van der Waals surface area contributed by atoms with Gasteiger partial charge < -0.3 is 15.8 Å². The normalized spacial score (nSPS) is 15.4. The number of aromatic nitrogens is 1. The molecule has 0 saturated heterocycles. The number of carbonyl (C=O) groups is 2. The average Bonchev–Trinajstić information content (AvgIpc) is 2.72. The van der Waals surface area contributed by atoms with Crippen LogP contribution in [-0.4, -0.2) is 23.3 Å². The Morgan fingerprint density at radius 1 is 1.10 bits per heavy atom. The summed E-state index contributed by atoms with van der Waals surface area (Å²) in [6.07, 6.45) is -0.935. The van der Waals surface area contributed by atoms with Gasteiger partial charge in [0, 0.05) is 5.56 Å². The van der Waals surface area contributed by atoms with Crippen LogP contribution in [0.2, 0.25) is 0 Å². The fourth-order valence-electron chi connectivity index (χ4n) is 3.05. The van der Waals surface area contributed by atoms with Crippen LogP contribution in [0.5, 0.6) is 5.75 Å². The first-order valence-corrected chi connectivity index (χ1v) is 8.87. The number of ether oxygens (including phenoxy) is 1. The summed E-state index contributed by atoms with van der Waals surface area (Å²) >= 11 is 0. The first-order valence-electron chi connectivity index (χ1n) is 8.87. The zero-order valence-electron chi connectivity index (χ0n) is 15.2. The van der Waals surface area contributed by atoms with E-state index in [2.05, 4.69) is 10.3 Å². The highest BCUT2D eigenvalue weighted by molar-refractivity contribution is 6.06. The van der Waals surface area contributed by atoms with Crippen molar-refractivity contribution in [1.29, 1.82) is 0 Å². The number of pyridine rings is 1. The minimum atomic E-state index is -0.935. The first kappa shape index (κ1) is 18.4. The molecule has 146 valence electrons. The molecule has 3 aromatic rings. The molecule has 0 spiro atoms. The van der Waals surface area contributed by atoms with Crippen LogP contribution in [0.4, 0.5) is 21.7 Å². The van der Waals surface area contributed by atoms with Crippen molar-refractivity contribution in [3.63, 3.8) is 0 Å². The summed E-state index contributed by atoms with van der Waals surface area (Å²) in [5.41, 5.74) is 6.42. The molecule has 29 heavy (non-hydrogen) atoms. The number of hydrogen-bond donors (Lipinski definition) is 2. The fraction of sp³-hybridized carbons (Fsp3) is 0.0952. The second-order valence-corrected chi connectivity index (χ2v) is 6.42. The molecule has 1 atom stereocenters. The lowest BCUT2D eigenvalue weighted by Gasteiger charge is -2.33. The van der Waals surface area contributed by atoms with Crippen LogP contribution in [0.25, 0.3) is 0 Å². The monoisotopic (exact) mass is 392 g/mol. The van der Waals surface area contributed by atoms with Gasteiger partial charge in [-0.15, -0.1) is 0 Å². The van der Waals surface area contributed by atoms with E-state index >= 15 is 0 Å². The fourth-order valence-corrected chi connectivity index (χ4v) is 3.05. The summed E-state index contributed by atoms with van der Waals surface area (Å²) in [6.45, 7) is -0.372. The Balaban J connectivity index is 1.65. The molecule has 0 fully saturated rings. The Hall–Kier alpha value is -3.94. The molecule has 1 aromatic heterocycles. The molecule has 0 bridgehead atoms. The predicted molar refractivity (Wildman–Crippen MR) is 106 cm³/mol. The second-order valence-electron chi connectivity index (χ2n) is 6.42. The minimum absolute atomic E-state index is 0.0265. The van der Waals surface area contributed by atoms with Crippen LogP contribution in [-0.2, 0) is 9.59 Å². The van der Waals surface area contributed by atoms with Crippen molar-refractivity contribution < 1.29 is 18.7 Å². The van der Waals surface area contributed by atoms with E-state index in [1.54, 1.807) is 42.5 Å². The van der Waals surface area contributed by atoms with Crippen LogP contribution >= 0.6 is 0 Å². The van der Waals surface area contributed by atoms with E-state index < -0.39 is 23.7 Å². The molecule has 2 amide bonds. The molecule has 0 aliphatic carbocycles. The third kappa shape index (κ3) is 3.73. The Morgan fingerprint density at radius 2 is 1.83 bits per heavy atom. The lowest BCUT2D eigenvalue weighted by Crippen LogP contribution is -2.45. The van der Waals surface area contributed by atoms with Crippen molar-refractivity contribution >= 4 is 29.1 Å². The molecule has 8 heteroatoms. The summed E-state index contributed by atoms with van der Waals surface area (Å²) in [4.78, 5) is 31.0. The number of amides is 2. The molecule has 1 aliphatic heterocycles. The molecule has 2 heterocycles. The third-order valence-corrected chi connectivity index (χ3v) is 4.40. The Bertz CT molecular complexity index is 1070. The number of benzene rings is 2. The molecule has 7 nitrogen and oxygen atoms in total. The van der Waals surface area contributed by atoms with Crippen LogP contribution in [0.1, 0.15) is 11.7 Å². The topological polar surface area (TPSA) is 97.5 Å². The number of nitrogens with zero attached hydrogens (tertiary/aromatic N) is 2. The van der Waals surface area contributed by atoms with Gasteiger partial charge in [-0.3, -0.25) is 14.5 Å². The van der Waals surface area contributed by atoms with Crippen molar-refractivity contribution in [2.24, 2.45) is 0 Å². The van der Waals surface area contributed by atoms with E-state index in [0.717, 1.165) is 0 Å². The Morgan fingerprint density at radius 3 is 2.59 bits per heavy atom. The van der Waals surface area contributed by atoms with Crippen LogP contribution < -0.4 is 20.7 Å². The molecular weight excluding hydrogens is 375 g/mol. The molecule has 1 unspecified atom stereocenters. The highest BCUT2D eigenvalue weighted by Gasteiger charge is 2.37. The van der Waals surface area contributed by atoms with Gasteiger partial charge in [0.1, 0.15) is 18.2 Å². The van der Waals surface area contributed by atoms with Gasteiger partial charge in [0.15, 0.2) is 11.6 Å². The van der Waals surface area contributed by atoms with Gasteiger partial charge in [-0.25, -0.2) is 9.37 Å². The van der Waals surface area contributed by atoms with E-state index in [1.807, 2.05) is 6.07 Å². The summed E-state index contributed by atoms with van der Waals surface area (Å²) in [5.74, 6) is -0.966. The SMILES string of the molecule is Nc1ccc2c(n1)N(CC(=O)Nc1ccccc1F)C(=O)C(c1ccccc1)O2. The van der Waals surface area contributed by atoms with E-state index in [0.29, 0.717) is 11.3 Å². The summed E-state index contributed by atoms with van der Waals surface area (Å²) < 4.78 is 19.7. The molecule has 4 rings (SSSR count). The number of hydrogen-bond acceptors (Lipinski definition) is 5. The maximum atomic E-state index is 13.8. The second kappa shape index (κ2) is 7.59. The largest absolute Gasteiger partial charge is 0.472 e. The molecule has 3 N–H and O–H groups in total. The van der Waals surface area contributed by atoms with Gasteiger partial charge in [0.25, 0.3) is 5.91 Å². The van der Waals surface area contributed by atoms with Crippen molar-refractivity contribution in [1.82, 2.24) is 4.98 Å². The minimum Gasteiger partial charge on any atom is -0.472 e. The van der Waals surface area contributed by atoms with E-state index in [-0.39, 0.29) is 23.9 Å². The molecular formula is C21H17FN4O3. The van der Waals surface area contributed by atoms with Crippen LogP contribution in [0.15, 0.2) is 66.7 Å². The highest BCUT2D eigenvalue weighted by Crippen LogP contribution is 2.38. The molecule has 2 aromatic carbocycles. The van der Waals surface area contributed by atoms with Gasteiger partial charge in [0.05, 0.1) is 5.69 Å². The number of fused-ring (bicyclic) bond motifs is 1. The smallest absolute Gasteiger partial charge is 0.274 e. The summed E-state index contributed by atoms with van der Waals surface area (Å²) in [6, 6.07) is 17.9. The molecule has 1 aliphatic rings. The van der Waals surface area contributed by atoms with Crippen molar-refractivity contribution in [3.8, 4) is 5.75 Å². The van der Waals surface area contributed by atoms with Gasteiger partial charge in [-0.05, 0) is 24.3 Å². The van der Waals surface area contributed by atoms with Gasteiger partial charge in [-0.1, -0.05) is 42.5 Å². The standard InChI is InChI=1S/C21H17FN4O3/c22-14-8-4-5-9-15(14)24-18(27)12-26-20-16(10-11-17(23)25-20)29-19(21(26)28)13-6-2-1-3-7-13/h1-11,19H,12H2,(H2,23,25)(H,24,27). The van der Waals surface area contributed by atoms with E-state index in [4.69, 9.17) is 10.5 Å². The Labute approximate surface area is 165 Å². The average molecular weight is 392 g/mol. The van der Waals surface area contributed by atoms with Gasteiger partial charge in [-0.2, -0.15) is 0 Å². The number of nitrogen functional groups attached to an aromatic ring is 1. The molecule has 0 radical (unpaired) electrons. The number of halogens is 1.